The summed E-state index contributed by atoms with van der Waals surface area (Å²) < 4.78 is 5.33. The molecular formula is C22H29N3O2. The molecule has 0 bridgehead atoms. The van der Waals surface area contributed by atoms with Crippen LogP contribution in [0.15, 0.2) is 54.6 Å². The number of anilines is 1. The van der Waals surface area contributed by atoms with E-state index in [1.807, 2.05) is 54.4 Å². The Balaban J connectivity index is 1.69. The van der Waals surface area contributed by atoms with Gasteiger partial charge in [-0.25, -0.2) is 0 Å². The van der Waals surface area contributed by atoms with Gasteiger partial charge in [-0.1, -0.05) is 43.3 Å². The summed E-state index contributed by atoms with van der Waals surface area (Å²) in [6.07, 6.45) is 0. The molecule has 3 rings (SSSR count). The molecule has 0 radical (unpaired) electrons. The van der Waals surface area contributed by atoms with Crippen molar-refractivity contribution in [3.8, 4) is 5.75 Å². The molecule has 1 aliphatic rings. The smallest absolute Gasteiger partial charge is 0.244 e. The van der Waals surface area contributed by atoms with Gasteiger partial charge in [-0.2, -0.15) is 0 Å². The van der Waals surface area contributed by atoms with Crippen LogP contribution in [0.2, 0.25) is 0 Å². The van der Waals surface area contributed by atoms with Gasteiger partial charge in [0.15, 0.2) is 0 Å². The van der Waals surface area contributed by atoms with Gasteiger partial charge >= 0.3 is 0 Å². The van der Waals surface area contributed by atoms with E-state index >= 15 is 0 Å². The Kier molecular flexibility index (Phi) is 6.35. The van der Waals surface area contributed by atoms with Gasteiger partial charge < -0.3 is 14.5 Å². The summed E-state index contributed by atoms with van der Waals surface area (Å²) in [6, 6.07) is 18.0. The third-order valence-corrected chi connectivity index (χ3v) is 5.30. The number of methoxy groups -OCH3 is 1. The molecule has 1 atom stereocenters. The summed E-state index contributed by atoms with van der Waals surface area (Å²) in [5, 5.41) is 0. The van der Waals surface area contributed by atoms with E-state index in [0.29, 0.717) is 0 Å². The number of rotatable bonds is 6. The Morgan fingerprint density at radius 3 is 2.41 bits per heavy atom. The number of carbonyl (C=O) groups excluding carboxylic acids is 1. The molecule has 5 heteroatoms. The van der Waals surface area contributed by atoms with Gasteiger partial charge in [0.05, 0.1) is 7.11 Å². The summed E-state index contributed by atoms with van der Waals surface area (Å²) in [6.45, 7) is 6.04. The van der Waals surface area contributed by atoms with Crippen LogP contribution in [0, 0.1) is 0 Å². The largest absolute Gasteiger partial charge is 0.497 e. The van der Waals surface area contributed by atoms with E-state index in [9.17, 15) is 4.79 Å². The number of amides is 1. The zero-order chi connectivity index (χ0) is 19.2. The fourth-order valence-corrected chi connectivity index (χ4v) is 3.57. The maximum Gasteiger partial charge on any atom is 0.244 e. The van der Waals surface area contributed by atoms with Gasteiger partial charge in [0, 0.05) is 37.9 Å². The lowest BCUT2D eigenvalue weighted by atomic mass is 10.0. The zero-order valence-corrected chi connectivity index (χ0v) is 16.5. The van der Waals surface area contributed by atoms with E-state index in [-0.39, 0.29) is 11.9 Å². The number of hydrogen-bond donors (Lipinski definition) is 0. The summed E-state index contributed by atoms with van der Waals surface area (Å²) >= 11 is 0. The van der Waals surface area contributed by atoms with Crippen LogP contribution in [0.5, 0.6) is 5.75 Å². The van der Waals surface area contributed by atoms with E-state index in [1.54, 1.807) is 7.11 Å². The van der Waals surface area contributed by atoms with Crippen molar-refractivity contribution in [2.45, 2.75) is 13.0 Å². The van der Waals surface area contributed by atoms with Crippen molar-refractivity contribution in [1.29, 1.82) is 0 Å². The summed E-state index contributed by atoms with van der Waals surface area (Å²) in [4.78, 5) is 19.7. The zero-order valence-electron chi connectivity index (χ0n) is 16.5. The van der Waals surface area contributed by atoms with Gasteiger partial charge in [-0.15, -0.1) is 0 Å². The van der Waals surface area contributed by atoms with Crippen molar-refractivity contribution in [1.82, 2.24) is 9.80 Å². The summed E-state index contributed by atoms with van der Waals surface area (Å²) in [5.41, 5.74) is 2.20. The molecule has 0 saturated carbocycles. The lowest BCUT2D eigenvalue weighted by Gasteiger charge is -2.39. The molecule has 27 heavy (non-hydrogen) atoms. The van der Waals surface area contributed by atoms with Crippen molar-refractivity contribution in [2.24, 2.45) is 0 Å². The first-order valence-electron chi connectivity index (χ1n) is 9.57. The minimum atomic E-state index is -0.223. The molecule has 1 amide bonds. The van der Waals surface area contributed by atoms with Crippen LogP contribution in [0.3, 0.4) is 0 Å². The molecule has 0 spiro atoms. The molecule has 1 unspecified atom stereocenters. The molecular weight excluding hydrogens is 338 g/mol. The molecule has 1 heterocycles. The second-order valence-electron chi connectivity index (χ2n) is 6.90. The fourth-order valence-electron chi connectivity index (χ4n) is 3.57. The van der Waals surface area contributed by atoms with Crippen molar-refractivity contribution >= 4 is 11.6 Å². The van der Waals surface area contributed by atoms with Crippen LogP contribution >= 0.6 is 0 Å². The van der Waals surface area contributed by atoms with Gasteiger partial charge in [0.2, 0.25) is 5.91 Å². The van der Waals surface area contributed by atoms with E-state index in [2.05, 4.69) is 28.9 Å². The first kappa shape index (κ1) is 19.2. The molecule has 1 aliphatic heterocycles. The fraction of sp³-hybridized carbons (Fsp3) is 0.409. The molecule has 5 nitrogen and oxygen atoms in total. The number of carbonyl (C=O) groups is 1. The molecule has 0 N–H and O–H groups in total. The Morgan fingerprint density at radius 1 is 1.07 bits per heavy atom. The van der Waals surface area contributed by atoms with Crippen LogP contribution in [0.4, 0.5) is 5.69 Å². The quantitative estimate of drug-likeness (QED) is 0.786. The number of benzene rings is 2. The Hall–Kier alpha value is -2.53. The first-order chi connectivity index (χ1) is 13.1. The van der Waals surface area contributed by atoms with Crippen molar-refractivity contribution in [3.63, 3.8) is 0 Å². The molecule has 2 aromatic carbocycles. The molecule has 0 aromatic heterocycles. The monoisotopic (exact) mass is 367 g/mol. The molecule has 0 aliphatic carbocycles. The second kappa shape index (κ2) is 8.91. The second-order valence-corrected chi connectivity index (χ2v) is 6.90. The van der Waals surface area contributed by atoms with E-state index in [0.717, 1.165) is 49.7 Å². The molecule has 1 fully saturated rings. The minimum absolute atomic E-state index is 0.191. The van der Waals surface area contributed by atoms with E-state index in [1.165, 1.54) is 0 Å². The Labute approximate surface area is 162 Å². The van der Waals surface area contributed by atoms with E-state index in [4.69, 9.17) is 4.74 Å². The van der Waals surface area contributed by atoms with Crippen LogP contribution in [-0.2, 0) is 4.79 Å². The van der Waals surface area contributed by atoms with Crippen LogP contribution in [0.25, 0.3) is 0 Å². The van der Waals surface area contributed by atoms with Crippen molar-refractivity contribution < 1.29 is 9.53 Å². The summed E-state index contributed by atoms with van der Waals surface area (Å²) in [7, 11) is 3.70. The number of piperazine rings is 1. The number of nitrogens with zero attached hydrogens (tertiary/aromatic N) is 3. The highest BCUT2D eigenvalue weighted by Gasteiger charge is 2.30. The lowest BCUT2D eigenvalue weighted by molar-refractivity contribution is -0.137. The highest BCUT2D eigenvalue weighted by atomic mass is 16.5. The van der Waals surface area contributed by atoms with Gasteiger partial charge in [0.25, 0.3) is 0 Å². The molecule has 1 saturated heterocycles. The highest BCUT2D eigenvalue weighted by molar-refractivity contribution is 5.83. The maximum atomic E-state index is 13.3. The maximum absolute atomic E-state index is 13.3. The predicted molar refractivity (Wildman–Crippen MR) is 109 cm³/mol. The topological polar surface area (TPSA) is 36.0 Å². The first-order valence-corrected chi connectivity index (χ1v) is 9.57. The number of hydrogen-bond acceptors (Lipinski definition) is 4. The van der Waals surface area contributed by atoms with Crippen molar-refractivity contribution in [2.75, 3.05) is 51.8 Å². The number of ether oxygens (including phenoxy) is 1. The number of likely N-dealkylation sites (N-methyl/N-ethyl adjacent to an activating group) is 1. The highest BCUT2D eigenvalue weighted by Crippen LogP contribution is 2.25. The van der Waals surface area contributed by atoms with Crippen LogP contribution in [0.1, 0.15) is 18.5 Å². The third kappa shape index (κ3) is 4.42. The van der Waals surface area contributed by atoms with Crippen molar-refractivity contribution in [3.05, 3.63) is 60.2 Å². The average Bonchev–Trinajstić information content (AvgIpc) is 2.74. The lowest BCUT2D eigenvalue weighted by Crippen LogP contribution is -2.51. The van der Waals surface area contributed by atoms with Gasteiger partial charge in [-0.05, 0) is 31.3 Å². The molecule has 144 valence electrons. The standard InChI is InChI=1S/C22H29N3O2/c1-4-23(2)21(18-9-6-5-7-10-18)22(26)25-15-13-24(14-16-25)19-11-8-12-20(17-19)27-3/h5-12,17,21H,4,13-16H2,1-3H3. The Morgan fingerprint density at radius 2 is 1.78 bits per heavy atom. The van der Waals surface area contributed by atoms with Gasteiger partial charge in [-0.3, -0.25) is 9.69 Å². The average molecular weight is 367 g/mol. The normalized spacial score (nSPS) is 15.7. The predicted octanol–water partition coefficient (Wildman–Crippen LogP) is 3.04. The van der Waals surface area contributed by atoms with E-state index < -0.39 is 0 Å². The minimum Gasteiger partial charge on any atom is -0.497 e. The molecule has 2 aromatic rings. The summed E-state index contributed by atoms with van der Waals surface area (Å²) in [5.74, 6) is 1.05. The Bertz CT molecular complexity index is 742. The van der Waals surface area contributed by atoms with Gasteiger partial charge in [0.1, 0.15) is 11.8 Å². The van der Waals surface area contributed by atoms with Crippen LogP contribution < -0.4 is 9.64 Å². The third-order valence-electron chi connectivity index (χ3n) is 5.30. The van der Waals surface area contributed by atoms with Crippen LogP contribution in [-0.4, -0.2) is 62.6 Å². The SMILES string of the molecule is CCN(C)C(C(=O)N1CCN(c2cccc(OC)c2)CC1)c1ccccc1.